The molecule has 0 amide bonds. The highest BCUT2D eigenvalue weighted by molar-refractivity contribution is 8.76. The predicted octanol–water partition coefficient (Wildman–Crippen LogP) is 5.42. The zero-order valence-electron chi connectivity index (χ0n) is 17.5. The van der Waals surface area contributed by atoms with E-state index in [2.05, 4.69) is 55.6 Å². The SMILES string of the molecule is c1ccc2sc(N3CCOCC3)nc2c1.c1ccc2sc(SSN3CCOCC3)nc2c1. The number of hydrogen-bond acceptors (Lipinski definition) is 10. The second-order valence-corrected chi connectivity index (χ2v) is 11.7. The number of ether oxygens (including phenoxy) is 2. The van der Waals surface area contributed by atoms with Crippen molar-refractivity contribution < 1.29 is 9.47 Å². The minimum atomic E-state index is 0.815. The molecular formula is C22H24N4O2S4. The minimum absolute atomic E-state index is 0.815. The van der Waals surface area contributed by atoms with Crippen LogP contribution in [0.2, 0.25) is 0 Å². The maximum absolute atomic E-state index is 5.33. The smallest absolute Gasteiger partial charge is 0.186 e. The van der Waals surface area contributed by atoms with Crippen LogP contribution in [0.15, 0.2) is 52.9 Å². The van der Waals surface area contributed by atoms with Crippen molar-refractivity contribution in [3.05, 3.63) is 48.5 Å². The van der Waals surface area contributed by atoms with Crippen LogP contribution in [0.5, 0.6) is 0 Å². The first-order valence-corrected chi connectivity index (χ1v) is 14.3. The lowest BCUT2D eigenvalue weighted by Crippen LogP contribution is -2.36. The quantitative estimate of drug-likeness (QED) is 0.270. The first-order chi connectivity index (χ1) is 15.8. The highest BCUT2D eigenvalue weighted by atomic mass is 33.1. The summed E-state index contributed by atoms with van der Waals surface area (Å²) in [7, 11) is 3.53. The third kappa shape index (κ3) is 5.74. The average molecular weight is 505 g/mol. The molecule has 6 nitrogen and oxygen atoms in total. The molecule has 0 N–H and O–H groups in total. The predicted molar refractivity (Wildman–Crippen MR) is 138 cm³/mol. The number of hydrogen-bond donors (Lipinski definition) is 0. The Hall–Kier alpha value is -1.40. The number of thiazole rings is 2. The number of anilines is 1. The van der Waals surface area contributed by atoms with Crippen LogP contribution in [0.3, 0.4) is 0 Å². The van der Waals surface area contributed by atoms with Gasteiger partial charge in [-0.2, -0.15) is 0 Å². The molecule has 4 heterocycles. The van der Waals surface area contributed by atoms with Crippen molar-refractivity contribution in [2.75, 3.05) is 57.5 Å². The van der Waals surface area contributed by atoms with E-state index in [0.717, 1.165) is 73.1 Å². The van der Waals surface area contributed by atoms with Crippen molar-refractivity contribution in [1.29, 1.82) is 0 Å². The summed E-state index contributed by atoms with van der Waals surface area (Å²) in [5.74, 6) is 0. The maximum Gasteiger partial charge on any atom is 0.186 e. The van der Waals surface area contributed by atoms with Crippen LogP contribution in [-0.4, -0.2) is 66.9 Å². The number of fused-ring (bicyclic) bond motifs is 2. The van der Waals surface area contributed by atoms with Crippen LogP contribution in [0.25, 0.3) is 20.4 Å². The Labute approximate surface area is 203 Å². The molecule has 0 unspecified atom stereocenters. The van der Waals surface area contributed by atoms with Crippen LogP contribution in [0.1, 0.15) is 0 Å². The topological polar surface area (TPSA) is 50.7 Å². The summed E-state index contributed by atoms with van der Waals surface area (Å²) in [6.45, 7) is 7.23. The summed E-state index contributed by atoms with van der Waals surface area (Å²) in [6, 6.07) is 16.6. The molecule has 2 aliphatic rings. The molecule has 0 saturated carbocycles. The van der Waals surface area contributed by atoms with Crippen LogP contribution >= 0.6 is 44.4 Å². The highest BCUT2D eigenvalue weighted by Crippen LogP contribution is 2.38. The van der Waals surface area contributed by atoms with Gasteiger partial charge in [0.25, 0.3) is 0 Å². The zero-order valence-corrected chi connectivity index (χ0v) is 20.8. The normalized spacial score (nSPS) is 17.4. The maximum atomic E-state index is 5.33. The molecule has 6 rings (SSSR count). The van der Waals surface area contributed by atoms with Gasteiger partial charge in [0, 0.05) is 26.2 Å². The Kier molecular flexibility index (Phi) is 7.80. The van der Waals surface area contributed by atoms with E-state index in [4.69, 9.17) is 9.47 Å². The Morgan fingerprint density at radius 3 is 1.97 bits per heavy atom. The third-order valence-corrected chi connectivity index (χ3v) is 9.98. The van der Waals surface area contributed by atoms with E-state index in [-0.39, 0.29) is 0 Å². The molecule has 0 atom stereocenters. The van der Waals surface area contributed by atoms with Crippen LogP contribution in [0, 0.1) is 0 Å². The van der Waals surface area contributed by atoms with Crippen molar-refractivity contribution in [3.63, 3.8) is 0 Å². The largest absolute Gasteiger partial charge is 0.379 e. The van der Waals surface area contributed by atoms with Crippen LogP contribution in [-0.2, 0) is 9.47 Å². The third-order valence-electron chi connectivity index (χ3n) is 5.02. The molecule has 168 valence electrons. The molecule has 10 heteroatoms. The van der Waals surface area contributed by atoms with Crippen molar-refractivity contribution >= 4 is 70.0 Å². The van der Waals surface area contributed by atoms with Crippen molar-refractivity contribution in [2.45, 2.75) is 4.34 Å². The van der Waals surface area contributed by atoms with Crippen molar-refractivity contribution in [1.82, 2.24) is 14.3 Å². The lowest BCUT2D eigenvalue weighted by molar-refractivity contribution is 0.0779. The Bertz CT molecular complexity index is 1070. The molecule has 2 aliphatic heterocycles. The van der Waals surface area contributed by atoms with E-state index in [1.165, 1.54) is 9.40 Å². The number of nitrogens with zero attached hydrogens (tertiary/aromatic N) is 4. The minimum Gasteiger partial charge on any atom is -0.379 e. The molecule has 2 fully saturated rings. The van der Waals surface area contributed by atoms with E-state index >= 15 is 0 Å². The van der Waals surface area contributed by atoms with Gasteiger partial charge >= 0.3 is 0 Å². The van der Waals surface area contributed by atoms with Gasteiger partial charge in [0.2, 0.25) is 0 Å². The number of aromatic nitrogens is 2. The standard InChI is InChI=1S/C11H12N2OS3.C11H12N2OS/c1-2-4-10-9(3-1)12-11(15-10)16-17-13-5-7-14-8-6-13;1-2-4-10-9(3-1)12-11(15-10)13-5-7-14-8-6-13/h1-4H,5-8H2;1-4H,5-8H2. The lowest BCUT2D eigenvalue weighted by atomic mass is 10.3. The Balaban J connectivity index is 0.000000136. The highest BCUT2D eigenvalue weighted by Gasteiger charge is 2.15. The molecule has 2 aromatic heterocycles. The summed E-state index contributed by atoms with van der Waals surface area (Å²) in [5.41, 5.74) is 2.20. The summed E-state index contributed by atoms with van der Waals surface area (Å²) in [5, 5.41) is 1.12. The molecule has 2 aromatic carbocycles. The van der Waals surface area contributed by atoms with Gasteiger partial charge in [0.15, 0.2) is 9.47 Å². The van der Waals surface area contributed by atoms with Gasteiger partial charge in [-0.05, 0) is 46.0 Å². The fourth-order valence-corrected chi connectivity index (χ4v) is 7.71. The molecular weight excluding hydrogens is 481 g/mol. The summed E-state index contributed by atoms with van der Waals surface area (Å²) in [4.78, 5) is 11.5. The number of benzene rings is 2. The Morgan fingerprint density at radius 2 is 1.31 bits per heavy atom. The molecule has 0 spiro atoms. The van der Waals surface area contributed by atoms with Gasteiger partial charge in [0.05, 0.1) is 46.9 Å². The average Bonchev–Trinajstić information content (AvgIpc) is 3.48. The van der Waals surface area contributed by atoms with Gasteiger partial charge in [-0.25, -0.2) is 14.3 Å². The Morgan fingerprint density at radius 1 is 0.719 bits per heavy atom. The van der Waals surface area contributed by atoms with Gasteiger partial charge in [-0.1, -0.05) is 35.6 Å². The second kappa shape index (κ2) is 11.1. The van der Waals surface area contributed by atoms with E-state index in [0.29, 0.717) is 0 Å². The summed E-state index contributed by atoms with van der Waals surface area (Å²) >= 11 is 3.52. The summed E-state index contributed by atoms with van der Waals surface area (Å²) < 4.78 is 16.6. The second-order valence-electron chi connectivity index (χ2n) is 7.21. The molecule has 2 saturated heterocycles. The van der Waals surface area contributed by atoms with Crippen LogP contribution < -0.4 is 4.90 Å². The molecule has 0 aliphatic carbocycles. The first-order valence-electron chi connectivity index (χ1n) is 10.6. The van der Waals surface area contributed by atoms with Crippen molar-refractivity contribution in [3.8, 4) is 0 Å². The molecule has 0 bridgehead atoms. The monoisotopic (exact) mass is 504 g/mol. The van der Waals surface area contributed by atoms with E-state index in [1.807, 2.05) is 12.1 Å². The van der Waals surface area contributed by atoms with Gasteiger partial charge in [-0.15, -0.1) is 11.3 Å². The molecule has 32 heavy (non-hydrogen) atoms. The van der Waals surface area contributed by atoms with E-state index in [9.17, 15) is 0 Å². The molecule has 0 radical (unpaired) electrons. The number of para-hydroxylation sites is 2. The fraction of sp³-hybridized carbons (Fsp3) is 0.364. The fourth-order valence-electron chi connectivity index (χ4n) is 3.34. The van der Waals surface area contributed by atoms with Gasteiger partial charge < -0.3 is 14.4 Å². The number of morpholine rings is 2. The van der Waals surface area contributed by atoms with Crippen LogP contribution in [0.4, 0.5) is 5.13 Å². The lowest BCUT2D eigenvalue weighted by Gasteiger charge is -2.25. The first kappa shape index (κ1) is 22.4. The zero-order chi connectivity index (χ0) is 21.6. The van der Waals surface area contributed by atoms with Gasteiger partial charge in [0.1, 0.15) is 0 Å². The van der Waals surface area contributed by atoms with Gasteiger partial charge in [-0.3, -0.25) is 0 Å². The van der Waals surface area contributed by atoms with E-state index < -0.39 is 0 Å². The number of rotatable bonds is 4. The van der Waals surface area contributed by atoms with E-state index in [1.54, 1.807) is 44.4 Å². The van der Waals surface area contributed by atoms with Crippen molar-refractivity contribution in [2.24, 2.45) is 0 Å². The summed E-state index contributed by atoms with van der Waals surface area (Å²) in [6.07, 6.45) is 0. The molecule has 4 aromatic rings.